The van der Waals surface area contributed by atoms with Gasteiger partial charge in [-0.15, -0.1) is 0 Å². The lowest BCUT2D eigenvalue weighted by Gasteiger charge is -2.18. The van der Waals surface area contributed by atoms with Gasteiger partial charge in [-0.3, -0.25) is 4.79 Å². The first-order chi connectivity index (χ1) is 11.9. The van der Waals surface area contributed by atoms with Gasteiger partial charge in [-0.05, 0) is 38.1 Å². The summed E-state index contributed by atoms with van der Waals surface area (Å²) in [5.74, 6) is 0.0964. The van der Waals surface area contributed by atoms with Crippen molar-refractivity contribution in [2.45, 2.75) is 25.1 Å². The van der Waals surface area contributed by atoms with E-state index in [0.717, 1.165) is 12.1 Å². The summed E-state index contributed by atoms with van der Waals surface area (Å²) in [6.45, 7) is 5.70. The van der Waals surface area contributed by atoms with Crippen LogP contribution < -0.4 is 4.74 Å². The molecule has 0 saturated carbocycles. The van der Waals surface area contributed by atoms with Crippen LogP contribution in [0.1, 0.15) is 29.8 Å². The molecule has 0 atom stereocenters. The molecule has 0 unspecified atom stereocenters. The van der Waals surface area contributed by atoms with E-state index in [1.165, 1.54) is 7.11 Å². The van der Waals surface area contributed by atoms with Gasteiger partial charge in [-0.2, -0.15) is 4.99 Å². The van der Waals surface area contributed by atoms with Crippen molar-refractivity contribution in [3.63, 3.8) is 0 Å². The number of benzene rings is 1. The number of amides is 1. The fraction of sp³-hybridized carbons (Fsp3) is 0.333. The molecule has 1 aliphatic rings. The number of aliphatic imine (C=N–C) groups is 1. The van der Waals surface area contributed by atoms with Crippen LogP contribution in [0.15, 0.2) is 46.2 Å². The van der Waals surface area contributed by atoms with E-state index in [0.29, 0.717) is 28.0 Å². The highest BCUT2D eigenvalue weighted by atomic mass is 35.5. The van der Waals surface area contributed by atoms with E-state index in [-0.39, 0.29) is 10.7 Å². The van der Waals surface area contributed by atoms with Crippen LogP contribution in [0.4, 0.5) is 0 Å². The van der Waals surface area contributed by atoms with E-state index in [9.17, 15) is 4.79 Å². The molecule has 0 spiro atoms. The number of carbonyl (C=O) groups excluding carboxylic acids is 1. The molecule has 0 radical (unpaired) electrons. The zero-order valence-corrected chi connectivity index (χ0v) is 15.9. The van der Waals surface area contributed by atoms with Crippen LogP contribution in [0.25, 0.3) is 0 Å². The summed E-state index contributed by atoms with van der Waals surface area (Å²) < 4.78 is 10.4. The Morgan fingerprint density at radius 1 is 1.44 bits per heavy atom. The molecule has 132 valence electrons. The van der Waals surface area contributed by atoms with Gasteiger partial charge in [0.25, 0.3) is 5.91 Å². The minimum absolute atomic E-state index is 0.0265. The van der Waals surface area contributed by atoms with Gasteiger partial charge in [0.15, 0.2) is 5.17 Å². The summed E-state index contributed by atoms with van der Waals surface area (Å²) in [4.78, 5) is 19.1. The third-order valence-corrected chi connectivity index (χ3v) is 5.20. The van der Waals surface area contributed by atoms with Crippen LogP contribution in [-0.2, 0) is 6.54 Å². The molecule has 1 fully saturated rings. The fourth-order valence-corrected chi connectivity index (χ4v) is 3.96. The van der Waals surface area contributed by atoms with E-state index in [2.05, 4.69) is 23.7 Å². The molecule has 1 aromatic carbocycles. The maximum absolute atomic E-state index is 12.7. The molecule has 2 aromatic rings. The number of carbonyl (C=O) groups is 1. The van der Waals surface area contributed by atoms with Crippen LogP contribution >= 0.6 is 23.4 Å². The van der Waals surface area contributed by atoms with Crippen molar-refractivity contribution >= 4 is 34.4 Å². The minimum atomic E-state index is -0.364. The Morgan fingerprint density at radius 3 is 2.92 bits per heavy atom. The Bertz CT molecular complexity index is 803. The molecular weight excluding hydrogens is 360 g/mol. The highest BCUT2D eigenvalue weighted by molar-refractivity contribution is 8.15. The Kier molecular flexibility index (Phi) is 5.11. The highest BCUT2D eigenvalue weighted by Gasteiger charge is 2.36. The van der Waals surface area contributed by atoms with E-state index < -0.39 is 0 Å². The molecule has 1 aromatic heterocycles. The third-order valence-electron chi connectivity index (χ3n) is 3.75. The molecule has 0 bridgehead atoms. The normalized spacial score (nSPS) is 17.9. The highest BCUT2D eigenvalue weighted by Crippen LogP contribution is 2.37. The Morgan fingerprint density at radius 2 is 2.24 bits per heavy atom. The number of nitrogens with zero attached hydrogens (tertiary/aromatic N) is 2. The number of halogens is 1. The van der Waals surface area contributed by atoms with E-state index in [1.54, 1.807) is 42.5 Å². The molecule has 1 saturated heterocycles. The van der Waals surface area contributed by atoms with Crippen molar-refractivity contribution in [2.24, 2.45) is 4.99 Å². The molecular formula is C18H19ClN2O3S. The molecule has 2 heterocycles. The molecule has 1 amide bonds. The van der Waals surface area contributed by atoms with Gasteiger partial charge < -0.3 is 14.1 Å². The van der Waals surface area contributed by atoms with Crippen LogP contribution in [0.3, 0.4) is 0 Å². The van der Waals surface area contributed by atoms with Gasteiger partial charge in [0.1, 0.15) is 5.75 Å². The molecule has 0 N–H and O–H groups in total. The zero-order chi connectivity index (χ0) is 18.0. The summed E-state index contributed by atoms with van der Waals surface area (Å²) in [5, 5.41) is 1.16. The minimum Gasteiger partial charge on any atom is -0.496 e. The predicted octanol–water partition coefficient (Wildman–Crippen LogP) is 4.47. The van der Waals surface area contributed by atoms with Gasteiger partial charge in [-0.1, -0.05) is 23.4 Å². The SMILES string of the molecule is COc1ccc(Cl)cc1C(=O)/N=C1\SC(C)(C)CN1Cc1ccoc1. The number of hydrogen-bond acceptors (Lipinski definition) is 4. The van der Waals surface area contributed by atoms with Gasteiger partial charge in [0.2, 0.25) is 0 Å². The topological polar surface area (TPSA) is 55.0 Å². The Labute approximate surface area is 156 Å². The number of rotatable bonds is 4. The van der Waals surface area contributed by atoms with Crippen LogP contribution in [0.5, 0.6) is 5.75 Å². The lowest BCUT2D eigenvalue weighted by molar-refractivity contribution is 0.0998. The summed E-state index contributed by atoms with van der Waals surface area (Å²) in [7, 11) is 1.52. The summed E-state index contributed by atoms with van der Waals surface area (Å²) in [6, 6.07) is 6.85. The van der Waals surface area contributed by atoms with Gasteiger partial charge in [0.05, 0.1) is 25.2 Å². The van der Waals surface area contributed by atoms with Gasteiger partial charge in [0, 0.05) is 28.4 Å². The number of hydrogen-bond donors (Lipinski definition) is 0. The number of thioether (sulfide) groups is 1. The van der Waals surface area contributed by atoms with E-state index in [1.807, 2.05) is 6.07 Å². The maximum Gasteiger partial charge on any atom is 0.283 e. The molecule has 1 aliphatic heterocycles. The average Bonchev–Trinajstić information content (AvgIpc) is 3.15. The van der Waals surface area contributed by atoms with Crippen molar-refractivity contribution < 1.29 is 13.9 Å². The lowest BCUT2D eigenvalue weighted by Crippen LogP contribution is -2.28. The lowest BCUT2D eigenvalue weighted by atomic mass is 10.2. The third kappa shape index (κ3) is 4.19. The Balaban J connectivity index is 1.89. The second kappa shape index (κ2) is 7.14. The zero-order valence-electron chi connectivity index (χ0n) is 14.3. The molecule has 3 rings (SSSR count). The molecule has 5 nitrogen and oxygen atoms in total. The van der Waals surface area contributed by atoms with Gasteiger partial charge in [-0.25, -0.2) is 0 Å². The first-order valence-corrected chi connectivity index (χ1v) is 8.99. The van der Waals surface area contributed by atoms with Crippen molar-refractivity contribution in [2.75, 3.05) is 13.7 Å². The van der Waals surface area contributed by atoms with Crippen molar-refractivity contribution in [1.29, 1.82) is 0 Å². The Hall–Kier alpha value is -1.92. The largest absolute Gasteiger partial charge is 0.496 e. The summed E-state index contributed by atoms with van der Waals surface area (Å²) in [6.07, 6.45) is 3.35. The number of ether oxygens (including phenoxy) is 1. The first kappa shape index (κ1) is 17.9. The second-order valence-corrected chi connectivity index (χ2v) is 8.50. The number of furan rings is 1. The number of methoxy groups -OCH3 is 1. The second-order valence-electron chi connectivity index (χ2n) is 6.39. The average molecular weight is 379 g/mol. The molecule has 0 aliphatic carbocycles. The van der Waals surface area contributed by atoms with Gasteiger partial charge >= 0.3 is 0 Å². The maximum atomic E-state index is 12.7. The van der Waals surface area contributed by atoms with Crippen LogP contribution in [0.2, 0.25) is 5.02 Å². The first-order valence-electron chi connectivity index (χ1n) is 7.79. The van der Waals surface area contributed by atoms with E-state index >= 15 is 0 Å². The monoisotopic (exact) mass is 378 g/mol. The standard InChI is InChI=1S/C18H19ClN2O3S/c1-18(2)11-21(9-12-6-7-24-10-12)17(25-18)20-16(22)14-8-13(19)4-5-15(14)23-3/h4-8,10H,9,11H2,1-3H3/b20-17-. The molecule has 25 heavy (non-hydrogen) atoms. The quantitative estimate of drug-likeness (QED) is 0.785. The van der Waals surface area contributed by atoms with Crippen LogP contribution in [0, 0.1) is 0 Å². The summed E-state index contributed by atoms with van der Waals surface area (Å²) >= 11 is 7.61. The number of amidine groups is 1. The fourth-order valence-electron chi connectivity index (χ4n) is 2.69. The van der Waals surface area contributed by atoms with Crippen molar-refractivity contribution in [1.82, 2.24) is 4.90 Å². The molecule has 7 heteroatoms. The smallest absolute Gasteiger partial charge is 0.283 e. The van der Waals surface area contributed by atoms with Crippen molar-refractivity contribution in [3.8, 4) is 5.75 Å². The predicted molar refractivity (Wildman–Crippen MR) is 101 cm³/mol. The van der Waals surface area contributed by atoms with Crippen LogP contribution in [-0.4, -0.2) is 34.4 Å². The summed E-state index contributed by atoms with van der Waals surface area (Å²) in [5.41, 5.74) is 1.40. The van der Waals surface area contributed by atoms with E-state index in [4.69, 9.17) is 20.8 Å². The van der Waals surface area contributed by atoms with Crippen molar-refractivity contribution in [3.05, 3.63) is 52.9 Å².